The van der Waals surface area contributed by atoms with Gasteiger partial charge in [-0.05, 0) is 25.0 Å². The van der Waals surface area contributed by atoms with E-state index in [9.17, 15) is 9.90 Å². The quantitative estimate of drug-likeness (QED) is 0.910. The maximum atomic E-state index is 11.4. The molecule has 0 aromatic carbocycles. The van der Waals surface area contributed by atoms with Gasteiger partial charge in [-0.3, -0.25) is 4.68 Å². The van der Waals surface area contributed by atoms with Crippen molar-refractivity contribution in [1.82, 2.24) is 9.78 Å². The lowest BCUT2D eigenvalue weighted by atomic mass is 9.96. The van der Waals surface area contributed by atoms with Crippen molar-refractivity contribution in [2.45, 2.75) is 38.1 Å². The van der Waals surface area contributed by atoms with E-state index < -0.39 is 5.97 Å². The summed E-state index contributed by atoms with van der Waals surface area (Å²) in [6, 6.07) is 3.92. The molecule has 0 spiro atoms. The van der Waals surface area contributed by atoms with Crippen molar-refractivity contribution in [3.05, 3.63) is 28.2 Å². The lowest BCUT2D eigenvalue weighted by molar-refractivity contribution is 0.0697. The molecule has 1 saturated carbocycles. The number of carboxylic acids is 1. The van der Waals surface area contributed by atoms with Crippen molar-refractivity contribution in [3.63, 3.8) is 0 Å². The van der Waals surface area contributed by atoms with E-state index in [1.54, 1.807) is 12.3 Å². The molecule has 1 aliphatic rings. The normalized spacial score (nSPS) is 16.4. The number of carbonyl (C=O) groups is 1. The highest BCUT2D eigenvalue weighted by Crippen LogP contribution is 2.34. The minimum absolute atomic E-state index is 0.258. The fourth-order valence-electron chi connectivity index (χ4n) is 2.70. The number of thiophene rings is 1. The van der Waals surface area contributed by atoms with Crippen LogP contribution >= 0.6 is 22.9 Å². The highest BCUT2D eigenvalue weighted by Gasteiger charge is 2.23. The molecule has 0 radical (unpaired) electrons. The van der Waals surface area contributed by atoms with Crippen molar-refractivity contribution < 1.29 is 9.90 Å². The monoisotopic (exact) mass is 310 g/mol. The number of aromatic carboxylic acids is 1. The summed E-state index contributed by atoms with van der Waals surface area (Å²) in [7, 11) is 0. The van der Waals surface area contributed by atoms with Crippen LogP contribution in [0.2, 0.25) is 4.34 Å². The average Bonchev–Trinajstić information content (AvgIpc) is 3.05. The van der Waals surface area contributed by atoms with Gasteiger partial charge in [-0.1, -0.05) is 30.9 Å². The summed E-state index contributed by atoms with van der Waals surface area (Å²) in [5.74, 6) is -0.938. The Kier molecular flexibility index (Phi) is 3.81. The van der Waals surface area contributed by atoms with E-state index in [1.807, 2.05) is 10.7 Å². The van der Waals surface area contributed by atoms with Gasteiger partial charge < -0.3 is 5.11 Å². The molecule has 0 amide bonds. The van der Waals surface area contributed by atoms with Crippen molar-refractivity contribution >= 4 is 28.9 Å². The first-order chi connectivity index (χ1) is 9.65. The third-order valence-corrected chi connectivity index (χ3v) is 4.96. The number of halogens is 1. The summed E-state index contributed by atoms with van der Waals surface area (Å²) in [4.78, 5) is 12.2. The van der Waals surface area contributed by atoms with E-state index in [2.05, 4.69) is 5.10 Å². The zero-order valence-electron chi connectivity index (χ0n) is 10.9. The highest BCUT2D eigenvalue weighted by molar-refractivity contribution is 7.19. The molecule has 3 rings (SSSR count). The van der Waals surface area contributed by atoms with Gasteiger partial charge in [0.25, 0.3) is 0 Å². The second-order valence-electron chi connectivity index (χ2n) is 5.07. The number of rotatable bonds is 3. The minimum Gasteiger partial charge on any atom is -0.478 e. The first-order valence-corrected chi connectivity index (χ1v) is 7.93. The van der Waals surface area contributed by atoms with Crippen LogP contribution in [-0.4, -0.2) is 20.9 Å². The minimum atomic E-state index is -0.938. The van der Waals surface area contributed by atoms with E-state index in [-0.39, 0.29) is 5.56 Å². The molecule has 4 nitrogen and oxygen atoms in total. The van der Waals surface area contributed by atoms with Crippen LogP contribution < -0.4 is 0 Å². The number of hydrogen-bond acceptors (Lipinski definition) is 3. The van der Waals surface area contributed by atoms with Crippen molar-refractivity contribution in [1.29, 1.82) is 0 Å². The number of carboxylic acid groups (broad SMARTS) is 1. The Morgan fingerprint density at radius 3 is 2.70 bits per heavy atom. The number of aromatic nitrogens is 2. The summed E-state index contributed by atoms with van der Waals surface area (Å²) < 4.78 is 2.48. The van der Waals surface area contributed by atoms with Gasteiger partial charge in [-0.15, -0.1) is 11.3 Å². The molecule has 0 atom stereocenters. The molecule has 106 valence electrons. The van der Waals surface area contributed by atoms with Crippen LogP contribution in [0.25, 0.3) is 10.6 Å². The molecule has 0 unspecified atom stereocenters. The second kappa shape index (κ2) is 5.58. The fraction of sp³-hybridized carbons (Fsp3) is 0.429. The third-order valence-electron chi connectivity index (χ3n) is 3.72. The van der Waals surface area contributed by atoms with E-state index >= 15 is 0 Å². The zero-order chi connectivity index (χ0) is 14.1. The van der Waals surface area contributed by atoms with Crippen LogP contribution in [0, 0.1) is 0 Å². The van der Waals surface area contributed by atoms with Crippen LogP contribution in [0.1, 0.15) is 48.5 Å². The summed E-state index contributed by atoms with van der Waals surface area (Å²) in [5, 5.41) is 13.9. The maximum Gasteiger partial charge on any atom is 0.339 e. The molecular formula is C14H15ClN2O2S. The molecule has 2 aromatic rings. The largest absolute Gasteiger partial charge is 0.478 e. The standard InChI is InChI=1S/C14H15ClN2O2S/c15-12-7-6-11(20-12)13-10(14(18)19)8-17(16-13)9-4-2-1-3-5-9/h6-9H,1-5H2,(H,18,19). The van der Waals surface area contributed by atoms with Crippen molar-refractivity contribution in [2.75, 3.05) is 0 Å². The Balaban J connectivity index is 2.00. The van der Waals surface area contributed by atoms with Crippen LogP contribution in [0.15, 0.2) is 18.3 Å². The molecular weight excluding hydrogens is 296 g/mol. The second-order valence-corrected chi connectivity index (χ2v) is 6.79. The van der Waals surface area contributed by atoms with E-state index in [1.165, 1.54) is 30.6 Å². The molecule has 20 heavy (non-hydrogen) atoms. The van der Waals surface area contributed by atoms with Gasteiger partial charge in [0.15, 0.2) is 0 Å². The Morgan fingerprint density at radius 2 is 2.10 bits per heavy atom. The van der Waals surface area contributed by atoms with Crippen LogP contribution in [-0.2, 0) is 0 Å². The van der Waals surface area contributed by atoms with E-state index in [4.69, 9.17) is 11.6 Å². The Labute approximate surface area is 126 Å². The summed E-state index contributed by atoms with van der Waals surface area (Å²) in [5.41, 5.74) is 0.786. The predicted octanol–water partition coefficient (Wildman–Crippen LogP) is 4.47. The number of nitrogens with zero attached hydrogens (tertiary/aromatic N) is 2. The smallest absolute Gasteiger partial charge is 0.339 e. The van der Waals surface area contributed by atoms with Crippen LogP contribution in [0.3, 0.4) is 0 Å². The summed E-state index contributed by atoms with van der Waals surface area (Å²) in [6.45, 7) is 0. The Bertz CT molecular complexity index is 629. The first-order valence-electron chi connectivity index (χ1n) is 6.73. The average molecular weight is 311 g/mol. The van der Waals surface area contributed by atoms with Gasteiger partial charge in [-0.25, -0.2) is 4.79 Å². The van der Waals surface area contributed by atoms with Crippen LogP contribution in [0.5, 0.6) is 0 Å². The first kappa shape index (κ1) is 13.6. The summed E-state index contributed by atoms with van der Waals surface area (Å²) in [6.07, 6.45) is 7.45. The molecule has 0 saturated heterocycles. The van der Waals surface area contributed by atoms with Crippen molar-refractivity contribution in [2.24, 2.45) is 0 Å². The van der Waals surface area contributed by atoms with E-state index in [0.717, 1.165) is 17.7 Å². The van der Waals surface area contributed by atoms with Gasteiger partial charge in [0.05, 0.1) is 15.3 Å². The van der Waals surface area contributed by atoms with Crippen molar-refractivity contribution in [3.8, 4) is 10.6 Å². The lowest BCUT2D eigenvalue weighted by Crippen LogP contribution is -2.13. The van der Waals surface area contributed by atoms with Gasteiger partial charge in [0.2, 0.25) is 0 Å². The molecule has 2 aromatic heterocycles. The molecule has 2 heterocycles. The Hall–Kier alpha value is -1.33. The SMILES string of the molecule is O=C(O)c1cn(C2CCCCC2)nc1-c1ccc(Cl)s1. The third kappa shape index (κ3) is 2.60. The lowest BCUT2D eigenvalue weighted by Gasteiger charge is -2.21. The molecule has 1 aliphatic carbocycles. The van der Waals surface area contributed by atoms with E-state index in [0.29, 0.717) is 16.1 Å². The highest BCUT2D eigenvalue weighted by atomic mass is 35.5. The molecule has 6 heteroatoms. The molecule has 1 fully saturated rings. The zero-order valence-corrected chi connectivity index (χ0v) is 12.5. The molecule has 0 aliphatic heterocycles. The summed E-state index contributed by atoms with van der Waals surface area (Å²) >= 11 is 7.29. The van der Waals surface area contributed by atoms with Gasteiger partial charge in [0.1, 0.15) is 11.3 Å². The molecule has 1 N–H and O–H groups in total. The number of hydrogen-bond donors (Lipinski definition) is 1. The van der Waals surface area contributed by atoms with Gasteiger partial charge >= 0.3 is 5.97 Å². The molecule has 0 bridgehead atoms. The fourth-order valence-corrected chi connectivity index (χ4v) is 3.75. The topological polar surface area (TPSA) is 55.1 Å². The maximum absolute atomic E-state index is 11.4. The van der Waals surface area contributed by atoms with Gasteiger partial charge in [-0.2, -0.15) is 5.10 Å². The van der Waals surface area contributed by atoms with Crippen LogP contribution in [0.4, 0.5) is 0 Å². The predicted molar refractivity (Wildman–Crippen MR) is 79.6 cm³/mol. The van der Waals surface area contributed by atoms with Gasteiger partial charge in [0, 0.05) is 6.20 Å². The Morgan fingerprint density at radius 1 is 1.35 bits per heavy atom.